The molecule has 4 rings (SSSR count). The van der Waals surface area contributed by atoms with E-state index >= 15 is 0 Å². The minimum absolute atomic E-state index is 0.156. The van der Waals surface area contributed by atoms with Crippen molar-refractivity contribution in [2.45, 2.75) is 25.5 Å². The highest BCUT2D eigenvalue weighted by Gasteiger charge is 2.29. The van der Waals surface area contributed by atoms with E-state index in [2.05, 4.69) is 10.3 Å². The lowest BCUT2D eigenvalue weighted by Gasteiger charge is -2.40. The number of rotatable bonds is 5. The first-order valence-electron chi connectivity index (χ1n) is 10.4. The maximum absolute atomic E-state index is 14.7. The molecule has 2 aromatic carbocycles. The SMILES string of the molecule is C[C@H]1CN(c2ccc(C[C@H](O)CO)cc2F)CCN1C(=O)Nc1nc2cc(F)c(F)cc2s1. The molecule has 1 fully saturated rings. The number of carbonyl (C=O) groups is 1. The number of fused-ring (bicyclic) bond motifs is 1. The number of nitrogens with zero attached hydrogens (tertiary/aromatic N) is 3. The normalized spacial score (nSPS) is 17.5. The molecule has 0 aliphatic carbocycles. The van der Waals surface area contributed by atoms with Crippen LogP contribution in [-0.2, 0) is 6.42 Å². The minimum Gasteiger partial charge on any atom is -0.394 e. The third-order valence-electron chi connectivity index (χ3n) is 5.57. The molecular formula is C22H23F3N4O3S. The number of thiazole rings is 1. The highest BCUT2D eigenvalue weighted by Crippen LogP contribution is 2.29. The second-order valence-corrected chi connectivity index (χ2v) is 9.03. The fourth-order valence-corrected chi connectivity index (χ4v) is 4.75. The van der Waals surface area contributed by atoms with Gasteiger partial charge in [-0.1, -0.05) is 17.4 Å². The number of benzene rings is 2. The molecule has 1 aliphatic rings. The Morgan fingerprint density at radius 2 is 1.97 bits per heavy atom. The number of aliphatic hydroxyl groups excluding tert-OH is 2. The van der Waals surface area contributed by atoms with Gasteiger partial charge >= 0.3 is 6.03 Å². The lowest BCUT2D eigenvalue weighted by atomic mass is 10.1. The number of anilines is 2. The van der Waals surface area contributed by atoms with Crippen LogP contribution in [0.3, 0.4) is 0 Å². The van der Waals surface area contributed by atoms with Crippen LogP contribution in [-0.4, -0.2) is 64.5 Å². The number of urea groups is 1. The van der Waals surface area contributed by atoms with Crippen molar-refractivity contribution in [3.63, 3.8) is 0 Å². The Kier molecular flexibility index (Phi) is 6.73. The van der Waals surface area contributed by atoms with Crippen LogP contribution in [0.25, 0.3) is 10.2 Å². The zero-order chi connectivity index (χ0) is 23.7. The molecule has 1 aliphatic heterocycles. The van der Waals surface area contributed by atoms with Crippen molar-refractivity contribution in [2.75, 3.05) is 36.5 Å². The summed E-state index contributed by atoms with van der Waals surface area (Å²) in [4.78, 5) is 20.4. The molecule has 11 heteroatoms. The lowest BCUT2D eigenvalue weighted by Crippen LogP contribution is -2.55. The van der Waals surface area contributed by atoms with Crippen LogP contribution in [0.4, 0.5) is 28.8 Å². The molecule has 1 aromatic heterocycles. The van der Waals surface area contributed by atoms with E-state index < -0.39 is 36.2 Å². The fraction of sp³-hybridized carbons (Fsp3) is 0.364. The summed E-state index contributed by atoms with van der Waals surface area (Å²) in [6, 6.07) is 6.09. The third-order valence-corrected chi connectivity index (χ3v) is 6.50. The summed E-state index contributed by atoms with van der Waals surface area (Å²) in [6.07, 6.45) is -0.783. The first kappa shape index (κ1) is 23.3. The van der Waals surface area contributed by atoms with Crippen molar-refractivity contribution in [3.05, 3.63) is 53.3 Å². The molecule has 2 heterocycles. The van der Waals surface area contributed by atoms with E-state index in [1.165, 1.54) is 6.07 Å². The second-order valence-electron chi connectivity index (χ2n) is 8.00. The second kappa shape index (κ2) is 9.54. The van der Waals surface area contributed by atoms with Crippen LogP contribution in [0, 0.1) is 17.5 Å². The molecule has 0 spiro atoms. The molecule has 2 amide bonds. The summed E-state index contributed by atoms with van der Waals surface area (Å²) in [6.45, 7) is 2.60. The van der Waals surface area contributed by atoms with E-state index in [1.807, 2.05) is 11.8 Å². The largest absolute Gasteiger partial charge is 0.394 e. The highest BCUT2D eigenvalue weighted by atomic mass is 32.1. The van der Waals surface area contributed by atoms with Crippen LogP contribution >= 0.6 is 11.3 Å². The van der Waals surface area contributed by atoms with Gasteiger partial charge in [0.25, 0.3) is 0 Å². The van der Waals surface area contributed by atoms with Gasteiger partial charge < -0.3 is 20.0 Å². The quantitative estimate of drug-likeness (QED) is 0.521. The number of amides is 2. The fourth-order valence-electron chi connectivity index (χ4n) is 3.89. The van der Waals surface area contributed by atoms with Gasteiger partial charge in [0.15, 0.2) is 16.8 Å². The number of piperazine rings is 1. The molecule has 1 saturated heterocycles. The van der Waals surface area contributed by atoms with Crippen LogP contribution < -0.4 is 10.2 Å². The Morgan fingerprint density at radius 3 is 2.67 bits per heavy atom. The van der Waals surface area contributed by atoms with Crippen molar-refractivity contribution >= 4 is 38.4 Å². The van der Waals surface area contributed by atoms with E-state index in [1.54, 1.807) is 17.0 Å². The summed E-state index contributed by atoms with van der Waals surface area (Å²) < 4.78 is 41.9. The van der Waals surface area contributed by atoms with Crippen molar-refractivity contribution in [3.8, 4) is 0 Å². The number of halogens is 3. The Labute approximate surface area is 192 Å². The summed E-state index contributed by atoms with van der Waals surface area (Å²) in [5, 5.41) is 21.4. The Hall–Kier alpha value is -2.89. The van der Waals surface area contributed by atoms with Gasteiger partial charge in [-0.3, -0.25) is 5.32 Å². The third kappa shape index (κ3) is 5.05. The van der Waals surface area contributed by atoms with E-state index in [-0.39, 0.29) is 23.1 Å². The van der Waals surface area contributed by atoms with Crippen molar-refractivity contribution in [2.24, 2.45) is 0 Å². The zero-order valence-corrected chi connectivity index (χ0v) is 18.6. The van der Waals surface area contributed by atoms with Gasteiger partial charge in [-0.05, 0) is 30.7 Å². The van der Waals surface area contributed by atoms with Gasteiger partial charge in [-0.25, -0.2) is 22.9 Å². The smallest absolute Gasteiger partial charge is 0.324 e. The van der Waals surface area contributed by atoms with Gasteiger partial charge in [-0.2, -0.15) is 0 Å². The molecule has 176 valence electrons. The first-order chi connectivity index (χ1) is 15.7. The van der Waals surface area contributed by atoms with Gasteiger partial charge in [-0.15, -0.1) is 0 Å². The first-order valence-corrected chi connectivity index (χ1v) is 11.2. The number of hydrogen-bond donors (Lipinski definition) is 3. The molecule has 2 atom stereocenters. The number of hydrogen-bond acceptors (Lipinski definition) is 6. The summed E-state index contributed by atoms with van der Waals surface area (Å²) in [5.41, 5.74) is 1.25. The molecule has 33 heavy (non-hydrogen) atoms. The zero-order valence-electron chi connectivity index (χ0n) is 17.8. The van der Waals surface area contributed by atoms with Crippen molar-refractivity contribution in [1.29, 1.82) is 0 Å². The monoisotopic (exact) mass is 480 g/mol. The van der Waals surface area contributed by atoms with Crippen LogP contribution in [0.2, 0.25) is 0 Å². The molecular weight excluding hydrogens is 457 g/mol. The molecule has 0 unspecified atom stereocenters. The highest BCUT2D eigenvalue weighted by molar-refractivity contribution is 7.22. The van der Waals surface area contributed by atoms with E-state index in [0.717, 1.165) is 23.5 Å². The molecule has 0 bridgehead atoms. The maximum atomic E-state index is 14.7. The van der Waals surface area contributed by atoms with Crippen LogP contribution in [0.15, 0.2) is 30.3 Å². The average molecular weight is 481 g/mol. The van der Waals surface area contributed by atoms with E-state index in [4.69, 9.17) is 5.11 Å². The number of nitrogens with one attached hydrogen (secondary N) is 1. The van der Waals surface area contributed by atoms with Gasteiger partial charge in [0, 0.05) is 38.2 Å². The van der Waals surface area contributed by atoms with E-state index in [9.17, 15) is 23.1 Å². The average Bonchev–Trinajstić information content (AvgIpc) is 3.14. The van der Waals surface area contributed by atoms with Gasteiger partial charge in [0.05, 0.1) is 28.6 Å². The van der Waals surface area contributed by atoms with Crippen molar-refractivity contribution in [1.82, 2.24) is 9.88 Å². The Bertz CT molecular complexity index is 1140. The Balaban J connectivity index is 1.40. The number of aliphatic hydroxyl groups is 2. The Morgan fingerprint density at radius 1 is 1.21 bits per heavy atom. The standard InChI is InChI=1S/C22H23F3N4O3S/c1-12-10-28(19-3-2-13(7-17(19)25)6-14(31)11-30)4-5-29(12)22(32)27-21-26-18-8-15(23)16(24)9-20(18)33-21/h2-3,7-9,12,14,30-31H,4-6,10-11H2,1H3,(H,26,27,32)/t12-,14-/m0/s1. The molecule has 3 N–H and O–H groups in total. The molecule has 0 saturated carbocycles. The topological polar surface area (TPSA) is 88.9 Å². The van der Waals surface area contributed by atoms with E-state index in [0.29, 0.717) is 35.6 Å². The van der Waals surface area contributed by atoms with Crippen LogP contribution in [0.1, 0.15) is 12.5 Å². The van der Waals surface area contributed by atoms with Crippen molar-refractivity contribution < 1.29 is 28.2 Å². The molecule has 0 radical (unpaired) electrons. The summed E-state index contributed by atoms with van der Waals surface area (Å²) in [7, 11) is 0. The van der Waals surface area contributed by atoms with Gasteiger partial charge in [0.1, 0.15) is 5.82 Å². The number of aromatic nitrogens is 1. The maximum Gasteiger partial charge on any atom is 0.324 e. The minimum atomic E-state index is -1.000. The van der Waals surface area contributed by atoms with Gasteiger partial charge in [0.2, 0.25) is 0 Å². The number of carbonyl (C=O) groups excluding carboxylic acids is 1. The predicted octanol–water partition coefficient (Wildman–Crippen LogP) is 3.35. The molecule has 7 nitrogen and oxygen atoms in total. The lowest BCUT2D eigenvalue weighted by molar-refractivity contribution is 0.0954. The summed E-state index contributed by atoms with van der Waals surface area (Å²) in [5.74, 6) is -2.41. The predicted molar refractivity (Wildman–Crippen MR) is 120 cm³/mol. The molecule has 3 aromatic rings. The van der Waals surface area contributed by atoms with Crippen LogP contribution in [0.5, 0.6) is 0 Å². The summed E-state index contributed by atoms with van der Waals surface area (Å²) >= 11 is 1.05.